The van der Waals surface area contributed by atoms with Crippen LogP contribution in [0.5, 0.6) is 0 Å². The summed E-state index contributed by atoms with van der Waals surface area (Å²) in [6, 6.07) is 154. The first-order valence-corrected chi connectivity index (χ1v) is 53.4. The van der Waals surface area contributed by atoms with Gasteiger partial charge in [0.05, 0.1) is 12.2 Å². The summed E-state index contributed by atoms with van der Waals surface area (Å²) in [5.74, 6) is -0.223. The van der Waals surface area contributed by atoms with Crippen molar-refractivity contribution in [1.82, 2.24) is 9.97 Å². The summed E-state index contributed by atoms with van der Waals surface area (Å²) in [6.45, 7) is 0. The Balaban J connectivity index is 0.000000143. The van der Waals surface area contributed by atoms with Crippen LogP contribution in [0.1, 0.15) is 80.2 Å². The molecule has 0 saturated carbocycles. The zero-order chi connectivity index (χ0) is 97.7. The van der Waals surface area contributed by atoms with Gasteiger partial charge in [-0.1, -0.05) is 453 Å². The second-order valence-electron chi connectivity index (χ2n) is 33.0. The average molecular weight is 2120 g/mol. The van der Waals surface area contributed by atoms with Crippen molar-refractivity contribution in [2.45, 2.75) is 76.4 Å². The first-order valence-electron chi connectivity index (χ1n) is 46.8. The Hall–Kier alpha value is -11.9. The Kier molecular flexibility index (Phi) is 45.2. The van der Waals surface area contributed by atoms with Crippen LogP contribution < -0.4 is 69.1 Å². The number of H-pyrrole nitrogens is 2. The van der Waals surface area contributed by atoms with Crippen LogP contribution in [0.3, 0.4) is 0 Å². The number of benzene rings is 16. The van der Waals surface area contributed by atoms with Crippen molar-refractivity contribution in [3.63, 3.8) is 0 Å². The fourth-order valence-electron chi connectivity index (χ4n) is 16.5. The summed E-state index contributed by atoms with van der Waals surface area (Å²) in [5, 5.41) is 52.3. The van der Waals surface area contributed by atoms with E-state index in [9.17, 15) is 27.5 Å². The van der Waals surface area contributed by atoms with E-state index in [1.165, 1.54) is 135 Å². The Morgan fingerprint density at radius 3 is 0.752 bits per heavy atom. The monoisotopic (exact) mass is 2110 g/mol. The third-order valence-corrected chi connectivity index (χ3v) is 34.1. The van der Waals surface area contributed by atoms with Crippen molar-refractivity contribution in [2.75, 3.05) is 0 Å². The van der Waals surface area contributed by atoms with Crippen LogP contribution in [0.15, 0.2) is 496 Å². The molecule has 4 aliphatic carbocycles. The minimum Gasteiger partial charge on any atom is -0.423 e. The van der Waals surface area contributed by atoms with Crippen molar-refractivity contribution in [1.29, 1.82) is 0 Å². The quantitative estimate of drug-likeness (QED) is 0.0148. The number of aliphatic hydroxyl groups excluding tert-OH is 2. The molecule has 4 aliphatic rings. The molecule has 0 fully saturated rings. The summed E-state index contributed by atoms with van der Waals surface area (Å²) in [7, 11) is -3.30. The molecule has 0 amide bonds. The number of carbonyl (C=O) groups is 1. The smallest absolute Gasteiger partial charge is 0.423 e. The predicted molar refractivity (Wildman–Crippen MR) is 593 cm³/mol. The minimum atomic E-state index is -1.51. The third kappa shape index (κ3) is 34.2. The van der Waals surface area contributed by atoms with Crippen molar-refractivity contribution in [3.8, 4) is 0 Å². The Morgan fingerprint density at radius 1 is 0.312 bits per heavy atom. The van der Waals surface area contributed by atoms with E-state index >= 15 is 0 Å². The number of rotatable bonds is 20. The second-order valence-corrected chi connectivity index (χ2v) is 43.2. The molecule has 19 heteroatoms. The molecular formula is C122H112BBrF4N2O5P4PdS. The third-order valence-electron chi connectivity index (χ3n) is 23.3. The number of aldehydes is 1. The van der Waals surface area contributed by atoms with Crippen LogP contribution in [0.4, 0.5) is 17.6 Å². The maximum Gasteiger partial charge on any atom is 0.488 e. The van der Waals surface area contributed by atoms with Gasteiger partial charge in [0.1, 0.15) is 29.6 Å². The van der Waals surface area contributed by atoms with Gasteiger partial charge in [0, 0.05) is 43.2 Å². The first kappa shape index (κ1) is 108. The molecule has 0 spiro atoms. The van der Waals surface area contributed by atoms with Crippen LogP contribution in [0, 0.1) is 39.9 Å². The van der Waals surface area contributed by atoms with E-state index in [2.05, 4.69) is 402 Å². The van der Waals surface area contributed by atoms with Gasteiger partial charge in [0.25, 0.3) is 0 Å². The van der Waals surface area contributed by atoms with Gasteiger partial charge in [-0.2, -0.15) is 0 Å². The molecule has 1 aromatic heterocycles. The summed E-state index contributed by atoms with van der Waals surface area (Å²) in [5.41, 5.74) is 7.96. The molecule has 0 radical (unpaired) electrons. The molecule has 16 aromatic carbocycles. The van der Waals surface area contributed by atoms with E-state index in [-0.39, 0.29) is 55.9 Å². The summed E-state index contributed by atoms with van der Waals surface area (Å²) in [4.78, 5) is 16.7. The zero-order valence-electron chi connectivity index (χ0n) is 77.9. The van der Waals surface area contributed by atoms with Gasteiger partial charge in [-0.15, -0.1) is 0 Å². The molecule has 0 aliphatic heterocycles. The zero-order valence-corrected chi connectivity index (χ0v) is 85.4. The predicted octanol–water partition coefficient (Wildman–Crippen LogP) is 24.5. The SMILES string of the molecule is Fc1ccc(C2=CCCC2Cc2c[nH]c(=S)[nH]2)cc1.O=CCC1CCC=C1c1ccc(F)cc1.OB(O)c1ccc(F)cc1.OC1CCC=C1Br.OC1CCC=C1c1ccc(F)cc1.[Pd].c1ccc(P(c2ccccc2)c2ccccc2)cc1.c1ccc(P(c2ccccc2)c2ccccc2)cc1.c1ccc(P(c2ccccc2)c2ccccc2)cc1.c1ccc(P(c2ccccc2)c2ccccc2)cc1. The van der Waals surface area contributed by atoms with Gasteiger partial charge in [0.2, 0.25) is 0 Å². The van der Waals surface area contributed by atoms with Crippen molar-refractivity contribution in [3.05, 3.63) is 546 Å². The standard InChI is InChI=1S/4C18H15P.C15H15FN2S.C13H13FO.C11H11FO.C6H6BFO2.C5H7BrO.Pd/c4*1-4-10-16(11-5-1)19(17-12-6-2-7-13-17)18-14-8-3-9-15-18;16-12-6-4-10(5-7-12)14-3-1-2-11(14)8-13-9-17-15(19)18-13;14-12-6-4-11(5-7-12)13-3-1-2-10(13)8-9-15;12-9-6-4-8(5-7-9)10-2-1-3-11(10)13;8-6-3-1-5(2-4-6)7(9)10;6-4-2-1-3-5(4)7;/h4*1-15H;3-7,9,11H,1-2,8H2,(H2,17,18,19);3-7,9-10H,1-2,8H2;2,4-7,11,13H,1,3H2;1-4,9-10H;2,5,7H,1,3H2;. The van der Waals surface area contributed by atoms with Crippen LogP contribution in [0.25, 0.3) is 16.7 Å². The van der Waals surface area contributed by atoms with Gasteiger partial charge < -0.3 is 35.0 Å². The van der Waals surface area contributed by atoms with Crippen LogP contribution in [-0.4, -0.2) is 55.8 Å². The molecule has 17 aromatic rings. The number of imidazole rings is 1. The normalized spacial score (nSPS) is 14.5. The molecule has 21 rings (SSSR count). The Bertz CT molecular complexity index is 5810. The van der Waals surface area contributed by atoms with Crippen LogP contribution in [0.2, 0.25) is 0 Å². The van der Waals surface area contributed by atoms with Gasteiger partial charge in [-0.05, 0) is 265 Å². The topological polar surface area (TPSA) is 130 Å². The molecule has 1 heterocycles. The van der Waals surface area contributed by atoms with E-state index in [4.69, 9.17) is 27.4 Å². The fourth-order valence-corrected chi connectivity index (χ4v) is 26.3. The van der Waals surface area contributed by atoms with E-state index in [0.717, 1.165) is 96.5 Å². The maximum absolute atomic E-state index is 13.0. The molecule has 4 unspecified atom stereocenters. The molecule has 141 heavy (non-hydrogen) atoms. The van der Waals surface area contributed by atoms with Gasteiger partial charge in [-0.3, -0.25) is 0 Å². The van der Waals surface area contributed by atoms with E-state index in [1.54, 1.807) is 24.3 Å². The van der Waals surface area contributed by atoms with Crippen molar-refractivity contribution >= 4 is 159 Å². The molecule has 4 atom stereocenters. The second kappa shape index (κ2) is 59.1. The van der Waals surface area contributed by atoms with Crippen molar-refractivity contribution in [2.24, 2.45) is 11.8 Å². The molecule has 714 valence electrons. The Morgan fingerprint density at radius 2 is 0.539 bits per heavy atom. The van der Waals surface area contributed by atoms with E-state index in [0.29, 0.717) is 28.5 Å². The number of aromatic amines is 2. The average Bonchev–Trinajstić information content (AvgIpc) is 1.69. The van der Waals surface area contributed by atoms with Crippen molar-refractivity contribution < 1.29 is 63.0 Å². The van der Waals surface area contributed by atoms with Gasteiger partial charge >= 0.3 is 7.12 Å². The number of hydrogen-bond acceptors (Lipinski definition) is 6. The molecular weight excluding hydrogens is 2000 g/mol. The number of halogens is 5. The molecule has 0 bridgehead atoms. The first-order chi connectivity index (χ1) is 68.6. The molecule has 0 saturated heterocycles. The fraction of sp³-hybridized carbons (Fsp3) is 0.115. The summed E-state index contributed by atoms with van der Waals surface area (Å²) >= 11 is 8.26. The Labute approximate surface area is 859 Å². The number of carbonyl (C=O) groups excluding carboxylic acids is 1. The van der Waals surface area contributed by atoms with Gasteiger partial charge in [0.15, 0.2) is 4.77 Å². The van der Waals surface area contributed by atoms with E-state index in [1.807, 2.05) is 30.5 Å². The number of hydrogen-bond donors (Lipinski definition) is 6. The largest absolute Gasteiger partial charge is 0.488 e. The number of nitrogens with one attached hydrogen (secondary N) is 2. The number of aromatic nitrogens is 2. The molecule has 7 nitrogen and oxygen atoms in total. The number of aliphatic hydroxyl groups is 2. The van der Waals surface area contributed by atoms with Crippen LogP contribution in [-0.2, 0) is 31.6 Å². The summed E-state index contributed by atoms with van der Waals surface area (Å²) < 4.78 is 52.1. The van der Waals surface area contributed by atoms with E-state index < -0.39 is 38.8 Å². The van der Waals surface area contributed by atoms with Crippen LogP contribution >= 0.6 is 59.8 Å². The molecule has 6 N–H and O–H groups in total. The maximum atomic E-state index is 13.0. The summed E-state index contributed by atoms with van der Waals surface area (Å²) in [6.07, 6.45) is 20.1. The number of allylic oxidation sites excluding steroid dienone is 6. The van der Waals surface area contributed by atoms with Gasteiger partial charge in [-0.25, -0.2) is 17.6 Å². The minimum absolute atomic E-state index is 0.